The normalized spacial score (nSPS) is 10.7. The lowest BCUT2D eigenvalue weighted by Crippen LogP contribution is -2.04. The van der Waals surface area contributed by atoms with Crippen LogP contribution in [0.15, 0.2) is 48.7 Å². The molecule has 0 bridgehead atoms. The highest BCUT2D eigenvalue weighted by Gasteiger charge is 2.11. The van der Waals surface area contributed by atoms with E-state index >= 15 is 0 Å². The highest BCUT2D eigenvalue weighted by molar-refractivity contribution is 6.09. The van der Waals surface area contributed by atoms with Crippen LogP contribution >= 0.6 is 0 Å². The Morgan fingerprint density at radius 2 is 1.85 bits per heavy atom. The summed E-state index contributed by atoms with van der Waals surface area (Å²) in [7, 11) is 0. The van der Waals surface area contributed by atoms with Crippen LogP contribution in [0.4, 0.5) is 0 Å². The number of rotatable bonds is 2. The van der Waals surface area contributed by atoms with Crippen LogP contribution < -0.4 is 0 Å². The van der Waals surface area contributed by atoms with Crippen molar-refractivity contribution in [2.24, 2.45) is 0 Å². The second kappa shape index (κ2) is 4.85. The number of aromatic nitrogens is 2. The molecule has 0 amide bonds. The van der Waals surface area contributed by atoms with Gasteiger partial charge in [-0.05, 0) is 55.8 Å². The van der Waals surface area contributed by atoms with Crippen molar-refractivity contribution in [3.8, 4) is 0 Å². The summed E-state index contributed by atoms with van der Waals surface area (Å²) in [4.78, 5) is 21.0. The number of aryl methyl sites for hydroxylation is 2. The van der Waals surface area contributed by atoms with Gasteiger partial charge < -0.3 is 0 Å². The maximum Gasteiger partial charge on any atom is 0.211 e. The molecule has 0 saturated carbocycles. The van der Waals surface area contributed by atoms with Gasteiger partial charge in [0.25, 0.3) is 0 Å². The number of fused-ring (bicyclic) bond motifs is 1. The molecule has 0 aliphatic heterocycles. The molecule has 98 valence electrons. The summed E-state index contributed by atoms with van der Waals surface area (Å²) in [5, 5.41) is 0.967. The van der Waals surface area contributed by atoms with E-state index in [2.05, 4.69) is 9.97 Å². The topological polar surface area (TPSA) is 42.9 Å². The third-order valence-corrected chi connectivity index (χ3v) is 3.24. The van der Waals surface area contributed by atoms with E-state index in [1.54, 1.807) is 18.3 Å². The number of hydrogen-bond acceptors (Lipinski definition) is 3. The first-order valence-electron chi connectivity index (χ1n) is 6.48. The lowest BCUT2D eigenvalue weighted by Gasteiger charge is -2.04. The minimum absolute atomic E-state index is 0.0591. The first kappa shape index (κ1) is 12.5. The van der Waals surface area contributed by atoms with Crippen molar-refractivity contribution < 1.29 is 4.79 Å². The molecule has 3 rings (SSSR count). The number of nitrogens with zero attached hydrogens (tertiary/aromatic N) is 2. The SMILES string of the molecule is Cc1ccnc(C(=O)c2ccc3nc(C)ccc3c2)c1. The fourth-order valence-electron chi connectivity index (χ4n) is 2.18. The average molecular weight is 262 g/mol. The molecular formula is C17H14N2O. The first-order chi connectivity index (χ1) is 9.63. The van der Waals surface area contributed by atoms with Gasteiger partial charge in [0.15, 0.2) is 0 Å². The smallest absolute Gasteiger partial charge is 0.211 e. The van der Waals surface area contributed by atoms with Crippen LogP contribution in [-0.2, 0) is 0 Å². The largest absolute Gasteiger partial charge is 0.287 e. The fourth-order valence-corrected chi connectivity index (χ4v) is 2.18. The molecule has 0 N–H and O–H groups in total. The summed E-state index contributed by atoms with van der Waals surface area (Å²) in [6.07, 6.45) is 1.66. The Morgan fingerprint density at radius 1 is 1.00 bits per heavy atom. The number of pyridine rings is 2. The van der Waals surface area contributed by atoms with Gasteiger partial charge in [0.1, 0.15) is 5.69 Å². The molecule has 0 fully saturated rings. The quantitative estimate of drug-likeness (QED) is 0.664. The molecule has 0 atom stereocenters. The summed E-state index contributed by atoms with van der Waals surface area (Å²) >= 11 is 0. The molecule has 1 aromatic carbocycles. The molecule has 3 heteroatoms. The molecule has 3 aromatic rings. The Balaban J connectivity index is 2.06. The molecule has 2 heterocycles. The monoisotopic (exact) mass is 262 g/mol. The molecule has 3 nitrogen and oxygen atoms in total. The van der Waals surface area contributed by atoms with Gasteiger partial charge in [-0.25, -0.2) is 0 Å². The molecule has 2 aromatic heterocycles. The van der Waals surface area contributed by atoms with Crippen molar-refractivity contribution in [3.63, 3.8) is 0 Å². The molecule has 0 aliphatic carbocycles. The van der Waals surface area contributed by atoms with Crippen molar-refractivity contribution in [3.05, 3.63) is 71.2 Å². The van der Waals surface area contributed by atoms with Crippen molar-refractivity contribution in [2.45, 2.75) is 13.8 Å². The van der Waals surface area contributed by atoms with E-state index in [0.29, 0.717) is 11.3 Å². The minimum Gasteiger partial charge on any atom is -0.287 e. The van der Waals surface area contributed by atoms with Gasteiger partial charge in [-0.15, -0.1) is 0 Å². The minimum atomic E-state index is -0.0591. The van der Waals surface area contributed by atoms with Crippen LogP contribution in [0.5, 0.6) is 0 Å². The molecule has 0 radical (unpaired) electrons. The maximum absolute atomic E-state index is 12.4. The summed E-state index contributed by atoms with van der Waals surface area (Å²) in [6.45, 7) is 3.90. The summed E-state index contributed by atoms with van der Waals surface area (Å²) < 4.78 is 0. The second-order valence-electron chi connectivity index (χ2n) is 4.91. The molecule has 0 spiro atoms. The van der Waals surface area contributed by atoms with E-state index in [0.717, 1.165) is 22.2 Å². The second-order valence-corrected chi connectivity index (χ2v) is 4.91. The van der Waals surface area contributed by atoms with Gasteiger partial charge in [0, 0.05) is 22.8 Å². The Kier molecular flexibility index (Phi) is 3.03. The van der Waals surface area contributed by atoms with Crippen molar-refractivity contribution in [1.82, 2.24) is 9.97 Å². The van der Waals surface area contributed by atoms with Crippen molar-refractivity contribution in [2.75, 3.05) is 0 Å². The van der Waals surface area contributed by atoms with E-state index < -0.39 is 0 Å². The maximum atomic E-state index is 12.4. The summed E-state index contributed by atoms with van der Waals surface area (Å²) in [5.41, 5.74) is 4.02. The van der Waals surface area contributed by atoms with E-state index in [4.69, 9.17) is 0 Å². The summed E-state index contributed by atoms with van der Waals surface area (Å²) in [6, 6.07) is 13.2. The van der Waals surface area contributed by atoms with Crippen molar-refractivity contribution in [1.29, 1.82) is 0 Å². The van der Waals surface area contributed by atoms with Crippen LogP contribution in [0.3, 0.4) is 0 Å². The Hall–Kier alpha value is -2.55. The lowest BCUT2D eigenvalue weighted by atomic mass is 10.0. The fraction of sp³-hybridized carbons (Fsp3) is 0.118. The highest BCUT2D eigenvalue weighted by Crippen LogP contribution is 2.17. The van der Waals surface area contributed by atoms with Crippen LogP contribution in [0, 0.1) is 13.8 Å². The van der Waals surface area contributed by atoms with E-state index in [9.17, 15) is 4.79 Å². The predicted molar refractivity (Wildman–Crippen MR) is 78.9 cm³/mol. The van der Waals surface area contributed by atoms with Gasteiger partial charge in [0.2, 0.25) is 5.78 Å². The number of benzene rings is 1. The van der Waals surface area contributed by atoms with Crippen LogP contribution in [-0.4, -0.2) is 15.8 Å². The first-order valence-corrected chi connectivity index (χ1v) is 6.48. The van der Waals surface area contributed by atoms with Crippen molar-refractivity contribution >= 4 is 16.7 Å². The van der Waals surface area contributed by atoms with E-state index in [1.807, 2.05) is 44.2 Å². The zero-order valence-corrected chi connectivity index (χ0v) is 11.4. The molecule has 0 unspecified atom stereocenters. The Labute approximate surface area is 117 Å². The van der Waals surface area contributed by atoms with Crippen LogP contribution in [0.2, 0.25) is 0 Å². The number of hydrogen-bond donors (Lipinski definition) is 0. The predicted octanol–water partition coefficient (Wildman–Crippen LogP) is 3.48. The highest BCUT2D eigenvalue weighted by atomic mass is 16.1. The van der Waals surface area contributed by atoms with Gasteiger partial charge in [-0.3, -0.25) is 14.8 Å². The van der Waals surface area contributed by atoms with Gasteiger partial charge in [-0.2, -0.15) is 0 Å². The lowest BCUT2D eigenvalue weighted by molar-refractivity contribution is 0.103. The number of carbonyl (C=O) groups excluding carboxylic acids is 1. The van der Waals surface area contributed by atoms with Gasteiger partial charge in [-0.1, -0.05) is 6.07 Å². The van der Waals surface area contributed by atoms with Crippen LogP contribution in [0.1, 0.15) is 27.3 Å². The molecule has 0 saturated heterocycles. The van der Waals surface area contributed by atoms with Gasteiger partial charge >= 0.3 is 0 Å². The van der Waals surface area contributed by atoms with Gasteiger partial charge in [0.05, 0.1) is 5.52 Å². The third-order valence-electron chi connectivity index (χ3n) is 3.24. The third kappa shape index (κ3) is 2.30. The molecule has 0 aliphatic rings. The van der Waals surface area contributed by atoms with E-state index in [-0.39, 0.29) is 5.78 Å². The average Bonchev–Trinajstić information content (AvgIpc) is 2.46. The summed E-state index contributed by atoms with van der Waals surface area (Å²) in [5.74, 6) is -0.0591. The number of ketones is 1. The van der Waals surface area contributed by atoms with E-state index in [1.165, 1.54) is 0 Å². The molecular weight excluding hydrogens is 248 g/mol. The number of carbonyl (C=O) groups is 1. The standard InChI is InChI=1S/C17H14N2O/c1-11-7-8-18-16(9-11)17(20)14-5-6-15-13(10-14)4-3-12(2)19-15/h3-10H,1-2H3. The van der Waals surface area contributed by atoms with Crippen LogP contribution in [0.25, 0.3) is 10.9 Å². The Morgan fingerprint density at radius 3 is 2.65 bits per heavy atom. The zero-order chi connectivity index (χ0) is 14.1. The molecule has 20 heavy (non-hydrogen) atoms. The zero-order valence-electron chi connectivity index (χ0n) is 11.4. The Bertz CT molecular complexity index is 809.